The summed E-state index contributed by atoms with van der Waals surface area (Å²) in [6.45, 7) is 0.537. The SMILES string of the molecule is O=C([O-])C1CCOc2cc(Oc3ccc(C(=O)N(CCc4ccccc4)Oc4ccccc4Cl)cc3Cl)ccc21.[Na+]. The first-order valence-corrected chi connectivity index (χ1v) is 13.4. The predicted octanol–water partition coefficient (Wildman–Crippen LogP) is 3.08. The number of carboxylic acids is 1. The number of hydrogen-bond acceptors (Lipinski definition) is 6. The monoisotopic (exact) mass is 599 g/mol. The maximum Gasteiger partial charge on any atom is 1.00 e. The number of carbonyl (C=O) groups is 2. The molecule has 0 radical (unpaired) electrons. The van der Waals surface area contributed by atoms with E-state index in [0.717, 1.165) is 5.56 Å². The minimum absolute atomic E-state index is 0. The van der Waals surface area contributed by atoms with E-state index in [1.807, 2.05) is 30.3 Å². The summed E-state index contributed by atoms with van der Waals surface area (Å²) in [5.41, 5.74) is 1.88. The summed E-state index contributed by atoms with van der Waals surface area (Å²) in [5.74, 6) is -0.778. The van der Waals surface area contributed by atoms with Gasteiger partial charge in [-0.2, -0.15) is 5.06 Å². The van der Waals surface area contributed by atoms with Crippen LogP contribution in [0.2, 0.25) is 10.0 Å². The van der Waals surface area contributed by atoms with Crippen molar-refractivity contribution >= 4 is 35.1 Å². The van der Waals surface area contributed by atoms with Crippen molar-refractivity contribution < 1.29 is 58.6 Å². The number of halogens is 2. The van der Waals surface area contributed by atoms with Crippen molar-refractivity contribution in [3.8, 4) is 23.0 Å². The van der Waals surface area contributed by atoms with Gasteiger partial charge in [0, 0.05) is 29.1 Å². The molecule has 4 aromatic rings. The van der Waals surface area contributed by atoms with E-state index in [-0.39, 0.29) is 47.7 Å². The fourth-order valence-corrected chi connectivity index (χ4v) is 4.76. The Labute approximate surface area is 269 Å². The molecule has 0 saturated heterocycles. The number of fused-ring (bicyclic) bond motifs is 1. The van der Waals surface area contributed by atoms with Gasteiger partial charge in [-0.05, 0) is 54.8 Å². The number of nitrogens with zero attached hydrogens (tertiary/aromatic N) is 1. The molecule has 5 rings (SSSR count). The van der Waals surface area contributed by atoms with Crippen LogP contribution in [0, 0.1) is 0 Å². The minimum Gasteiger partial charge on any atom is -0.549 e. The summed E-state index contributed by atoms with van der Waals surface area (Å²) in [6.07, 6.45) is 0.907. The van der Waals surface area contributed by atoms with Crippen molar-refractivity contribution in [1.29, 1.82) is 0 Å². The van der Waals surface area contributed by atoms with Gasteiger partial charge in [-0.3, -0.25) is 4.79 Å². The Morgan fingerprint density at radius 3 is 2.39 bits per heavy atom. The zero-order valence-corrected chi connectivity index (χ0v) is 25.7. The second-order valence-electron chi connectivity index (χ2n) is 9.12. The molecular formula is C31H24Cl2NNaO6. The van der Waals surface area contributed by atoms with Crippen LogP contribution in [0.4, 0.5) is 0 Å². The van der Waals surface area contributed by atoms with Gasteiger partial charge in [0.05, 0.1) is 23.2 Å². The number of hydroxylamine groups is 2. The number of rotatable bonds is 9. The maximum absolute atomic E-state index is 13.5. The van der Waals surface area contributed by atoms with Gasteiger partial charge in [0.15, 0.2) is 5.75 Å². The van der Waals surface area contributed by atoms with Gasteiger partial charge in [0.2, 0.25) is 0 Å². The molecule has 1 aliphatic heterocycles. The second kappa shape index (κ2) is 14.1. The van der Waals surface area contributed by atoms with Gasteiger partial charge in [0.1, 0.15) is 17.2 Å². The molecule has 0 fully saturated rings. The Balaban J connectivity index is 0.00000387. The van der Waals surface area contributed by atoms with Crippen molar-refractivity contribution in [3.05, 3.63) is 118 Å². The van der Waals surface area contributed by atoms with E-state index in [1.54, 1.807) is 54.6 Å². The van der Waals surface area contributed by atoms with Crippen LogP contribution in [-0.2, 0) is 11.2 Å². The third-order valence-corrected chi connectivity index (χ3v) is 7.04. The zero-order valence-electron chi connectivity index (χ0n) is 22.2. The molecule has 1 amide bonds. The molecule has 0 aliphatic carbocycles. The van der Waals surface area contributed by atoms with E-state index in [0.29, 0.717) is 52.0 Å². The molecule has 1 unspecified atom stereocenters. The predicted molar refractivity (Wildman–Crippen MR) is 149 cm³/mol. The van der Waals surface area contributed by atoms with Crippen LogP contribution in [0.5, 0.6) is 23.0 Å². The van der Waals surface area contributed by atoms with Gasteiger partial charge >= 0.3 is 29.6 Å². The Hall–Kier alpha value is -3.20. The topological polar surface area (TPSA) is 88.1 Å². The van der Waals surface area contributed by atoms with Gasteiger partial charge in [-0.15, -0.1) is 0 Å². The van der Waals surface area contributed by atoms with Gasteiger partial charge < -0.3 is 24.2 Å². The molecule has 1 aliphatic rings. The Kier molecular flexibility index (Phi) is 10.6. The van der Waals surface area contributed by atoms with Crippen LogP contribution in [0.1, 0.15) is 33.8 Å². The Morgan fingerprint density at radius 1 is 0.902 bits per heavy atom. The number of carbonyl (C=O) groups excluding carboxylic acids is 2. The molecule has 0 saturated carbocycles. The summed E-state index contributed by atoms with van der Waals surface area (Å²) in [5, 5.41) is 13.3. The molecule has 7 nitrogen and oxygen atoms in total. The van der Waals surface area contributed by atoms with Gasteiger partial charge in [-0.1, -0.05) is 71.7 Å². The standard InChI is InChI=1S/C31H25Cl2NO6.Na/c32-25-8-4-5-9-28(25)40-34(16-14-20-6-2-1-3-7-20)30(35)21-10-13-27(26(33)18-21)39-22-11-12-23-24(31(36)37)15-17-38-29(23)19-22;/h1-13,18-19,24H,14-17H2,(H,36,37);/q;+1/p-1. The van der Waals surface area contributed by atoms with E-state index < -0.39 is 17.8 Å². The number of carboxylic acid groups (broad SMARTS) is 1. The van der Waals surface area contributed by atoms with E-state index in [9.17, 15) is 14.7 Å². The van der Waals surface area contributed by atoms with Crippen molar-refractivity contribution in [1.82, 2.24) is 5.06 Å². The van der Waals surface area contributed by atoms with E-state index in [4.69, 9.17) is 37.5 Å². The van der Waals surface area contributed by atoms with Crippen molar-refractivity contribution in [2.24, 2.45) is 0 Å². The number of para-hydroxylation sites is 1. The van der Waals surface area contributed by atoms with Crippen LogP contribution < -0.4 is 49.0 Å². The molecule has 0 spiro atoms. The van der Waals surface area contributed by atoms with Crippen LogP contribution in [-0.4, -0.2) is 30.1 Å². The summed E-state index contributed by atoms with van der Waals surface area (Å²) in [7, 11) is 0. The van der Waals surface area contributed by atoms with Crippen LogP contribution in [0.25, 0.3) is 0 Å². The average molecular weight is 600 g/mol. The molecule has 4 aromatic carbocycles. The van der Waals surface area contributed by atoms with Gasteiger partial charge in [0.25, 0.3) is 5.91 Å². The smallest absolute Gasteiger partial charge is 0.549 e. The summed E-state index contributed by atoms with van der Waals surface area (Å²) in [4.78, 5) is 30.9. The molecule has 0 N–H and O–H groups in total. The van der Waals surface area contributed by atoms with Crippen molar-refractivity contribution in [2.75, 3.05) is 13.2 Å². The van der Waals surface area contributed by atoms with Crippen LogP contribution >= 0.6 is 23.2 Å². The average Bonchev–Trinajstić information content (AvgIpc) is 2.97. The second-order valence-corrected chi connectivity index (χ2v) is 9.93. The molecule has 0 bridgehead atoms. The molecule has 10 heteroatoms. The fourth-order valence-electron chi connectivity index (χ4n) is 4.37. The third kappa shape index (κ3) is 7.56. The molecule has 1 atom stereocenters. The number of ether oxygens (including phenoxy) is 2. The van der Waals surface area contributed by atoms with Crippen molar-refractivity contribution in [3.63, 3.8) is 0 Å². The summed E-state index contributed by atoms with van der Waals surface area (Å²) < 4.78 is 11.6. The van der Waals surface area contributed by atoms with Crippen LogP contribution in [0.15, 0.2) is 91.0 Å². The zero-order chi connectivity index (χ0) is 28.1. The first-order chi connectivity index (χ1) is 19.4. The minimum atomic E-state index is -1.14. The van der Waals surface area contributed by atoms with Gasteiger partial charge in [-0.25, -0.2) is 0 Å². The Bertz CT molecular complexity index is 1530. The molecule has 41 heavy (non-hydrogen) atoms. The number of hydrogen-bond donors (Lipinski definition) is 0. The summed E-state index contributed by atoms with van der Waals surface area (Å²) in [6, 6.07) is 26.3. The molecular weight excluding hydrogens is 576 g/mol. The number of benzene rings is 4. The molecule has 1 heterocycles. The quantitative estimate of drug-likeness (QED) is 0.217. The third-order valence-electron chi connectivity index (χ3n) is 6.43. The fraction of sp³-hybridized carbons (Fsp3) is 0.161. The van der Waals surface area contributed by atoms with Crippen molar-refractivity contribution in [2.45, 2.75) is 18.8 Å². The first kappa shape index (κ1) is 30.8. The number of amides is 1. The maximum atomic E-state index is 13.5. The summed E-state index contributed by atoms with van der Waals surface area (Å²) >= 11 is 12.8. The van der Waals surface area contributed by atoms with E-state index in [2.05, 4.69) is 0 Å². The normalized spacial score (nSPS) is 13.7. The van der Waals surface area contributed by atoms with E-state index >= 15 is 0 Å². The van der Waals surface area contributed by atoms with E-state index in [1.165, 1.54) is 11.1 Å². The number of aliphatic carboxylic acids is 1. The first-order valence-electron chi connectivity index (χ1n) is 12.6. The Morgan fingerprint density at radius 2 is 1.66 bits per heavy atom. The largest absolute Gasteiger partial charge is 1.00 e. The molecule has 204 valence electrons. The molecule has 0 aromatic heterocycles. The van der Waals surface area contributed by atoms with Crippen LogP contribution in [0.3, 0.4) is 0 Å².